The molecule has 0 N–H and O–H groups in total. The van der Waals surface area contributed by atoms with Gasteiger partial charge < -0.3 is 4.90 Å². The summed E-state index contributed by atoms with van der Waals surface area (Å²) >= 11 is 0. The number of amides is 1. The number of likely N-dealkylation sites (N-methyl/N-ethyl adjacent to an activating group) is 1. The Hall–Kier alpha value is -1.96. The molecule has 22 heavy (non-hydrogen) atoms. The van der Waals surface area contributed by atoms with E-state index in [1.54, 1.807) is 17.0 Å². The van der Waals surface area contributed by atoms with Gasteiger partial charge in [-0.3, -0.25) is 14.9 Å². The van der Waals surface area contributed by atoms with Crippen molar-refractivity contribution in [3.63, 3.8) is 0 Å². The van der Waals surface area contributed by atoms with Crippen LogP contribution < -0.4 is 0 Å². The lowest BCUT2D eigenvalue weighted by atomic mass is 10.1. The van der Waals surface area contributed by atoms with E-state index in [1.165, 1.54) is 12.1 Å². The maximum Gasteiger partial charge on any atom is 0.269 e. The van der Waals surface area contributed by atoms with Crippen LogP contribution in [0.15, 0.2) is 24.3 Å². The molecule has 2 rings (SSSR count). The summed E-state index contributed by atoms with van der Waals surface area (Å²) in [4.78, 5) is 24.1. The van der Waals surface area contributed by atoms with Gasteiger partial charge in [0, 0.05) is 24.7 Å². The van der Waals surface area contributed by atoms with Gasteiger partial charge in [-0.25, -0.2) is 8.42 Å². The molecule has 0 aliphatic carbocycles. The third-order valence-corrected chi connectivity index (χ3v) is 5.56. The van der Waals surface area contributed by atoms with E-state index in [9.17, 15) is 23.3 Å². The number of hydrogen-bond donors (Lipinski definition) is 0. The molecule has 1 amide bonds. The van der Waals surface area contributed by atoms with Gasteiger partial charge in [-0.1, -0.05) is 12.1 Å². The Bertz CT molecular complexity index is 669. The van der Waals surface area contributed by atoms with Crippen molar-refractivity contribution in [2.45, 2.75) is 25.8 Å². The summed E-state index contributed by atoms with van der Waals surface area (Å²) in [6, 6.07) is 5.56. The number of nitro groups is 1. The number of nitrogens with zero attached hydrogens (tertiary/aromatic N) is 2. The number of carbonyl (C=O) groups is 1. The van der Waals surface area contributed by atoms with Gasteiger partial charge in [0.05, 0.1) is 22.8 Å². The number of sulfone groups is 1. The fraction of sp³-hybridized carbons (Fsp3) is 0.500. The zero-order valence-electron chi connectivity index (χ0n) is 12.3. The maximum atomic E-state index is 12.4. The molecule has 0 saturated carbocycles. The molecule has 0 radical (unpaired) electrons. The van der Waals surface area contributed by atoms with Crippen molar-refractivity contribution < 1.29 is 18.1 Å². The fourth-order valence-corrected chi connectivity index (χ4v) is 4.40. The highest BCUT2D eigenvalue weighted by Crippen LogP contribution is 2.19. The first kappa shape index (κ1) is 16.4. The number of hydrogen-bond acceptors (Lipinski definition) is 5. The van der Waals surface area contributed by atoms with Gasteiger partial charge >= 0.3 is 0 Å². The van der Waals surface area contributed by atoms with Crippen molar-refractivity contribution in [3.8, 4) is 0 Å². The summed E-state index contributed by atoms with van der Waals surface area (Å²) < 4.78 is 23.1. The molecule has 120 valence electrons. The summed E-state index contributed by atoms with van der Waals surface area (Å²) in [6.07, 6.45) is 0.588. The fourth-order valence-electron chi connectivity index (χ4n) is 2.67. The van der Waals surface area contributed by atoms with Crippen molar-refractivity contribution >= 4 is 21.4 Å². The van der Waals surface area contributed by atoms with Crippen molar-refractivity contribution in [3.05, 3.63) is 39.9 Å². The Morgan fingerprint density at radius 1 is 1.36 bits per heavy atom. The van der Waals surface area contributed by atoms with Gasteiger partial charge in [0.25, 0.3) is 5.69 Å². The van der Waals surface area contributed by atoms with Crippen molar-refractivity contribution in [2.24, 2.45) is 0 Å². The SMILES string of the molecule is CCN(C(=O)Cc1ccc([N+](=O)[O-])cc1)[C@@H]1CCS(=O)(=O)C1. The predicted molar refractivity (Wildman–Crippen MR) is 81.2 cm³/mol. The van der Waals surface area contributed by atoms with Crippen LogP contribution in [0.1, 0.15) is 18.9 Å². The van der Waals surface area contributed by atoms with Crippen LogP contribution in [0, 0.1) is 10.1 Å². The molecule has 0 unspecified atom stereocenters. The van der Waals surface area contributed by atoms with Gasteiger partial charge in [-0.2, -0.15) is 0 Å². The number of non-ortho nitro benzene ring substituents is 1. The molecular formula is C14H18N2O5S. The molecule has 1 fully saturated rings. The molecule has 7 nitrogen and oxygen atoms in total. The molecule has 1 aromatic rings. The topological polar surface area (TPSA) is 97.6 Å². The molecule has 1 atom stereocenters. The third kappa shape index (κ3) is 3.82. The first-order valence-corrected chi connectivity index (χ1v) is 8.88. The van der Waals surface area contributed by atoms with Crippen molar-refractivity contribution in [2.75, 3.05) is 18.1 Å². The lowest BCUT2D eigenvalue weighted by Gasteiger charge is -2.27. The van der Waals surface area contributed by atoms with Gasteiger partial charge in [-0.05, 0) is 18.9 Å². The second-order valence-electron chi connectivity index (χ2n) is 5.34. The van der Waals surface area contributed by atoms with Crippen LogP contribution in [0.2, 0.25) is 0 Å². The normalized spacial score (nSPS) is 19.8. The quantitative estimate of drug-likeness (QED) is 0.597. The van der Waals surface area contributed by atoms with Crippen LogP contribution in [0.4, 0.5) is 5.69 Å². The maximum absolute atomic E-state index is 12.4. The third-order valence-electron chi connectivity index (χ3n) is 3.81. The highest BCUT2D eigenvalue weighted by atomic mass is 32.2. The van der Waals surface area contributed by atoms with E-state index in [0.29, 0.717) is 18.5 Å². The summed E-state index contributed by atoms with van der Waals surface area (Å²) in [5.41, 5.74) is 0.653. The zero-order chi connectivity index (χ0) is 16.3. The number of nitro benzene ring substituents is 1. The minimum absolute atomic E-state index is 0.0207. The Labute approximate surface area is 129 Å². The summed E-state index contributed by atoms with van der Waals surface area (Å²) in [7, 11) is -3.04. The Morgan fingerprint density at radius 2 is 2.00 bits per heavy atom. The average Bonchev–Trinajstić information content (AvgIpc) is 2.80. The molecular weight excluding hydrogens is 308 g/mol. The second kappa shape index (κ2) is 6.43. The molecule has 1 aliphatic heterocycles. The molecule has 0 aromatic heterocycles. The molecule has 1 heterocycles. The lowest BCUT2D eigenvalue weighted by molar-refractivity contribution is -0.384. The highest BCUT2D eigenvalue weighted by Gasteiger charge is 2.33. The van der Waals surface area contributed by atoms with E-state index >= 15 is 0 Å². The zero-order valence-corrected chi connectivity index (χ0v) is 13.1. The monoisotopic (exact) mass is 326 g/mol. The minimum Gasteiger partial charge on any atom is -0.339 e. The molecule has 1 aromatic carbocycles. The largest absolute Gasteiger partial charge is 0.339 e. The van der Waals surface area contributed by atoms with Crippen molar-refractivity contribution in [1.82, 2.24) is 4.90 Å². The summed E-state index contributed by atoms with van der Waals surface area (Å²) in [5, 5.41) is 10.6. The summed E-state index contributed by atoms with van der Waals surface area (Å²) in [5.74, 6) is -0.00955. The average molecular weight is 326 g/mol. The van der Waals surface area contributed by atoms with Gasteiger partial charge in [0.1, 0.15) is 0 Å². The second-order valence-corrected chi connectivity index (χ2v) is 7.57. The van der Waals surface area contributed by atoms with Crippen LogP contribution in [-0.4, -0.2) is 48.2 Å². The highest BCUT2D eigenvalue weighted by molar-refractivity contribution is 7.91. The Morgan fingerprint density at radius 3 is 2.45 bits per heavy atom. The van der Waals surface area contributed by atoms with E-state index in [4.69, 9.17) is 0 Å². The van der Waals surface area contributed by atoms with Crippen LogP contribution in [0.3, 0.4) is 0 Å². The van der Waals surface area contributed by atoms with E-state index in [0.717, 1.165) is 0 Å². The lowest BCUT2D eigenvalue weighted by Crippen LogP contribution is -2.41. The van der Waals surface area contributed by atoms with Crippen LogP contribution in [-0.2, 0) is 21.1 Å². The molecule has 0 spiro atoms. The summed E-state index contributed by atoms with van der Waals surface area (Å²) in [6.45, 7) is 2.27. The minimum atomic E-state index is -3.04. The van der Waals surface area contributed by atoms with Crippen LogP contribution in [0.25, 0.3) is 0 Å². The van der Waals surface area contributed by atoms with Gasteiger partial charge in [-0.15, -0.1) is 0 Å². The van der Waals surface area contributed by atoms with Gasteiger partial charge in [0.2, 0.25) is 5.91 Å². The predicted octanol–water partition coefficient (Wildman–Crippen LogP) is 1.17. The molecule has 1 aliphatic rings. The van der Waals surface area contributed by atoms with E-state index in [-0.39, 0.29) is 35.6 Å². The molecule has 0 bridgehead atoms. The van der Waals surface area contributed by atoms with Gasteiger partial charge in [0.15, 0.2) is 9.84 Å². The number of rotatable bonds is 5. The first-order chi connectivity index (χ1) is 10.3. The number of carbonyl (C=O) groups excluding carboxylic acids is 1. The van der Waals surface area contributed by atoms with E-state index < -0.39 is 14.8 Å². The Balaban J connectivity index is 2.05. The molecule has 1 saturated heterocycles. The van der Waals surface area contributed by atoms with Crippen LogP contribution in [0.5, 0.6) is 0 Å². The smallest absolute Gasteiger partial charge is 0.269 e. The van der Waals surface area contributed by atoms with Crippen LogP contribution >= 0.6 is 0 Å². The Kier molecular flexibility index (Phi) is 4.80. The first-order valence-electron chi connectivity index (χ1n) is 7.05. The van der Waals surface area contributed by atoms with E-state index in [2.05, 4.69) is 0 Å². The van der Waals surface area contributed by atoms with Crippen molar-refractivity contribution in [1.29, 1.82) is 0 Å². The number of benzene rings is 1. The molecule has 8 heteroatoms. The standard InChI is InChI=1S/C14H18N2O5S/c1-2-15(13-7-8-22(20,21)10-13)14(17)9-11-3-5-12(6-4-11)16(18)19/h3-6,13H,2,7-10H2,1H3/t13-/m1/s1. The van der Waals surface area contributed by atoms with E-state index in [1.807, 2.05) is 6.92 Å².